The first kappa shape index (κ1) is 18.4. The first-order valence-electron chi connectivity index (χ1n) is 6.86. The van der Waals surface area contributed by atoms with Gasteiger partial charge in [0.1, 0.15) is 36.6 Å². The maximum absolute atomic E-state index is 11.2. The Balaban J connectivity index is 2.13. The van der Waals surface area contributed by atoms with Crippen molar-refractivity contribution < 1.29 is 54.4 Å². The molecule has 6 N–H and O–H groups in total. The van der Waals surface area contributed by atoms with Crippen molar-refractivity contribution in [2.24, 2.45) is 0 Å². The van der Waals surface area contributed by atoms with Crippen LogP contribution in [0, 0.1) is 0 Å². The Morgan fingerprint density at radius 2 is 1.70 bits per heavy atom. The molecule has 0 aromatic rings. The summed E-state index contributed by atoms with van der Waals surface area (Å²) in [7, 11) is 1.14. The number of carboxylic acid groups (broad SMARTS) is 1. The van der Waals surface area contributed by atoms with Gasteiger partial charge in [0, 0.05) is 7.11 Å². The van der Waals surface area contributed by atoms with E-state index in [1.54, 1.807) is 0 Å². The lowest BCUT2D eigenvalue weighted by Crippen LogP contribution is -2.63. The third-order valence-electron chi connectivity index (χ3n) is 3.80. The van der Waals surface area contributed by atoms with Crippen molar-refractivity contribution in [1.29, 1.82) is 0 Å². The largest absolute Gasteiger partial charge is 0.479 e. The summed E-state index contributed by atoms with van der Waals surface area (Å²) in [6.45, 7) is -0.331. The molecule has 0 aromatic carbocycles. The van der Waals surface area contributed by atoms with Gasteiger partial charge in [-0.25, -0.2) is 4.79 Å². The normalized spacial score (nSPS) is 48.2. The van der Waals surface area contributed by atoms with Gasteiger partial charge >= 0.3 is 5.97 Å². The van der Waals surface area contributed by atoms with E-state index in [2.05, 4.69) is 0 Å². The topological polar surface area (TPSA) is 175 Å². The fraction of sp³-hybridized carbons (Fsp3) is 0.917. The second-order valence-corrected chi connectivity index (χ2v) is 5.33. The summed E-state index contributed by atoms with van der Waals surface area (Å²) >= 11 is 0. The zero-order valence-corrected chi connectivity index (χ0v) is 12.1. The first-order valence-corrected chi connectivity index (χ1v) is 6.86. The smallest absolute Gasteiger partial charge is 0.335 e. The zero-order chi connectivity index (χ0) is 17.3. The highest BCUT2D eigenvalue weighted by Crippen LogP contribution is 2.27. The van der Waals surface area contributed by atoms with Gasteiger partial charge in [-0.2, -0.15) is 0 Å². The lowest BCUT2D eigenvalue weighted by molar-refractivity contribution is -0.348. The molecule has 134 valence electrons. The molecule has 2 fully saturated rings. The summed E-state index contributed by atoms with van der Waals surface area (Å²) in [5, 5.41) is 58.0. The lowest BCUT2D eigenvalue weighted by atomic mass is 9.98. The minimum absolute atomic E-state index is 0.331. The van der Waals surface area contributed by atoms with Gasteiger partial charge in [0.15, 0.2) is 18.7 Å². The third kappa shape index (κ3) is 3.63. The second kappa shape index (κ2) is 7.34. The van der Waals surface area contributed by atoms with E-state index in [0.29, 0.717) is 0 Å². The number of ether oxygens (including phenoxy) is 4. The second-order valence-electron chi connectivity index (χ2n) is 5.33. The highest BCUT2D eigenvalue weighted by atomic mass is 16.7. The number of aliphatic hydroxyl groups excluding tert-OH is 5. The molecule has 2 aliphatic rings. The van der Waals surface area contributed by atoms with Crippen molar-refractivity contribution >= 4 is 5.97 Å². The number of carboxylic acids is 1. The summed E-state index contributed by atoms with van der Waals surface area (Å²) in [6, 6.07) is 0. The van der Waals surface area contributed by atoms with Crippen LogP contribution >= 0.6 is 0 Å². The number of hydrogen-bond acceptors (Lipinski definition) is 10. The maximum Gasteiger partial charge on any atom is 0.335 e. The van der Waals surface area contributed by atoms with Gasteiger partial charge < -0.3 is 49.6 Å². The molecule has 9 unspecified atom stereocenters. The van der Waals surface area contributed by atoms with Crippen molar-refractivity contribution in [3.05, 3.63) is 0 Å². The molecule has 2 saturated heterocycles. The molecule has 2 heterocycles. The quantitative estimate of drug-likeness (QED) is 0.294. The molecule has 23 heavy (non-hydrogen) atoms. The average Bonchev–Trinajstić information content (AvgIpc) is 2.51. The van der Waals surface area contributed by atoms with Gasteiger partial charge in [-0.1, -0.05) is 0 Å². The number of hydrogen-bond donors (Lipinski definition) is 6. The monoisotopic (exact) mass is 340 g/mol. The Morgan fingerprint density at radius 3 is 2.26 bits per heavy atom. The van der Waals surface area contributed by atoms with E-state index < -0.39 is 61.3 Å². The Kier molecular flexibility index (Phi) is 5.89. The molecule has 2 rings (SSSR count). The molecule has 0 bridgehead atoms. The van der Waals surface area contributed by atoms with Crippen molar-refractivity contribution in [2.75, 3.05) is 13.7 Å². The predicted octanol–water partition coefficient (Wildman–Crippen LogP) is -4.01. The van der Waals surface area contributed by atoms with E-state index in [9.17, 15) is 30.3 Å². The summed E-state index contributed by atoms with van der Waals surface area (Å²) in [5.74, 6) is -1.46. The molecule has 11 heteroatoms. The third-order valence-corrected chi connectivity index (χ3v) is 3.80. The molecule has 0 saturated carbocycles. The summed E-state index contributed by atoms with van der Waals surface area (Å²) in [6.07, 6.45) is -14.1. The highest BCUT2D eigenvalue weighted by molar-refractivity contribution is 5.73. The van der Waals surface area contributed by atoms with Crippen LogP contribution < -0.4 is 0 Å². The standard InChI is InChI=1S/C12H20O11/c1-20-7-5(15)6(16)12(23-9(7)10(17)18)22-8-4(14)3(13)2-21-11(8)19/h3-9,11-16,19H,2H2,1H3,(H,17,18). The fourth-order valence-corrected chi connectivity index (χ4v) is 2.49. The summed E-state index contributed by atoms with van der Waals surface area (Å²) < 4.78 is 19.8. The SMILES string of the molecule is COC1C(C(=O)O)OC(OC2C(O)OCC(O)C2O)C(O)C1O. The number of methoxy groups -OCH3 is 1. The van der Waals surface area contributed by atoms with Gasteiger partial charge in [-0.05, 0) is 0 Å². The fourth-order valence-electron chi connectivity index (χ4n) is 2.49. The minimum atomic E-state index is -1.71. The average molecular weight is 340 g/mol. The molecule has 0 radical (unpaired) electrons. The molecule has 2 aliphatic heterocycles. The number of rotatable bonds is 4. The number of carbonyl (C=O) groups is 1. The van der Waals surface area contributed by atoms with Gasteiger partial charge in [-0.3, -0.25) is 0 Å². The van der Waals surface area contributed by atoms with Crippen molar-refractivity contribution in [3.8, 4) is 0 Å². The molecule has 0 amide bonds. The van der Waals surface area contributed by atoms with E-state index >= 15 is 0 Å². The van der Waals surface area contributed by atoms with Crippen LogP contribution in [0.2, 0.25) is 0 Å². The molecule has 11 nitrogen and oxygen atoms in total. The van der Waals surface area contributed by atoms with E-state index in [1.807, 2.05) is 0 Å². The minimum Gasteiger partial charge on any atom is -0.479 e. The number of aliphatic carboxylic acids is 1. The van der Waals surface area contributed by atoms with Gasteiger partial charge in [0.25, 0.3) is 0 Å². The van der Waals surface area contributed by atoms with Crippen LogP contribution in [0.25, 0.3) is 0 Å². The molecular weight excluding hydrogens is 320 g/mol. The van der Waals surface area contributed by atoms with E-state index in [4.69, 9.17) is 24.1 Å². The highest BCUT2D eigenvalue weighted by Gasteiger charge is 2.51. The Bertz CT molecular complexity index is 418. The van der Waals surface area contributed by atoms with Crippen LogP contribution in [0.3, 0.4) is 0 Å². The van der Waals surface area contributed by atoms with Crippen LogP contribution in [0.4, 0.5) is 0 Å². The van der Waals surface area contributed by atoms with Gasteiger partial charge in [-0.15, -0.1) is 0 Å². The van der Waals surface area contributed by atoms with E-state index in [-0.39, 0.29) is 6.61 Å². The van der Waals surface area contributed by atoms with Crippen molar-refractivity contribution in [1.82, 2.24) is 0 Å². The van der Waals surface area contributed by atoms with Crippen molar-refractivity contribution in [3.63, 3.8) is 0 Å². The molecule has 0 spiro atoms. The summed E-state index contributed by atoms with van der Waals surface area (Å²) in [5.41, 5.74) is 0. The number of aliphatic hydroxyl groups is 5. The summed E-state index contributed by atoms with van der Waals surface area (Å²) in [4.78, 5) is 11.2. The Morgan fingerprint density at radius 1 is 1.04 bits per heavy atom. The molecule has 0 aliphatic carbocycles. The molecule has 0 aromatic heterocycles. The van der Waals surface area contributed by atoms with Crippen LogP contribution in [0.15, 0.2) is 0 Å². The van der Waals surface area contributed by atoms with E-state index in [0.717, 1.165) is 7.11 Å². The maximum atomic E-state index is 11.2. The van der Waals surface area contributed by atoms with Crippen LogP contribution in [-0.2, 0) is 23.7 Å². The van der Waals surface area contributed by atoms with Crippen LogP contribution in [0.5, 0.6) is 0 Å². The molecular formula is C12H20O11. The first-order chi connectivity index (χ1) is 10.8. The van der Waals surface area contributed by atoms with E-state index in [1.165, 1.54) is 0 Å². The predicted molar refractivity (Wildman–Crippen MR) is 68.0 cm³/mol. The Labute approximate surface area is 130 Å². The van der Waals surface area contributed by atoms with Crippen LogP contribution in [0.1, 0.15) is 0 Å². The van der Waals surface area contributed by atoms with Gasteiger partial charge in [0.05, 0.1) is 6.61 Å². The molecule has 9 atom stereocenters. The lowest BCUT2D eigenvalue weighted by Gasteiger charge is -2.43. The van der Waals surface area contributed by atoms with Crippen molar-refractivity contribution in [2.45, 2.75) is 55.3 Å². The van der Waals surface area contributed by atoms with Gasteiger partial charge in [0.2, 0.25) is 0 Å². The zero-order valence-electron chi connectivity index (χ0n) is 12.1. The Hall–Kier alpha value is -0.890. The van der Waals surface area contributed by atoms with Crippen LogP contribution in [-0.4, -0.2) is 106 Å².